The lowest BCUT2D eigenvalue weighted by atomic mass is 10.1. The molecule has 0 atom stereocenters. The molecular formula is C23H24N4O3. The second-order valence-electron chi connectivity index (χ2n) is 6.69. The zero-order valence-electron chi connectivity index (χ0n) is 17.1. The maximum absolute atomic E-state index is 12.3. The number of ether oxygens (including phenoxy) is 2. The van der Waals surface area contributed by atoms with E-state index in [1.807, 2.05) is 68.5 Å². The first-order valence-electron chi connectivity index (χ1n) is 9.52. The quantitative estimate of drug-likeness (QED) is 0.433. The molecule has 154 valence electrons. The fourth-order valence-corrected chi connectivity index (χ4v) is 2.68. The van der Waals surface area contributed by atoms with Crippen LogP contribution in [0.4, 0.5) is 0 Å². The van der Waals surface area contributed by atoms with Crippen molar-refractivity contribution in [3.05, 3.63) is 71.9 Å². The third kappa shape index (κ3) is 5.57. The van der Waals surface area contributed by atoms with Gasteiger partial charge in [0.2, 0.25) is 0 Å². The van der Waals surface area contributed by atoms with E-state index in [2.05, 4.69) is 20.7 Å². The van der Waals surface area contributed by atoms with Crippen molar-refractivity contribution in [2.45, 2.75) is 20.0 Å². The first-order valence-corrected chi connectivity index (χ1v) is 9.52. The average molecular weight is 404 g/mol. The van der Waals surface area contributed by atoms with Crippen LogP contribution >= 0.6 is 0 Å². The molecule has 0 unspecified atom stereocenters. The highest BCUT2D eigenvalue weighted by atomic mass is 16.5. The van der Waals surface area contributed by atoms with Gasteiger partial charge in [0.05, 0.1) is 18.9 Å². The number of aromatic nitrogens is 2. The molecule has 30 heavy (non-hydrogen) atoms. The van der Waals surface area contributed by atoms with Gasteiger partial charge in [0.1, 0.15) is 5.69 Å². The van der Waals surface area contributed by atoms with Crippen molar-refractivity contribution in [1.82, 2.24) is 15.6 Å². The summed E-state index contributed by atoms with van der Waals surface area (Å²) in [5.41, 5.74) is 5.23. The second-order valence-corrected chi connectivity index (χ2v) is 6.69. The Labute approximate surface area is 175 Å². The van der Waals surface area contributed by atoms with Crippen molar-refractivity contribution in [1.29, 1.82) is 0 Å². The number of amides is 1. The van der Waals surface area contributed by atoms with E-state index in [0.717, 1.165) is 11.1 Å². The van der Waals surface area contributed by atoms with E-state index in [9.17, 15) is 4.79 Å². The topological polar surface area (TPSA) is 88.6 Å². The van der Waals surface area contributed by atoms with Gasteiger partial charge in [0.25, 0.3) is 5.91 Å². The van der Waals surface area contributed by atoms with Gasteiger partial charge in [-0.3, -0.25) is 9.89 Å². The summed E-state index contributed by atoms with van der Waals surface area (Å²) in [5.74, 6) is 0.873. The monoisotopic (exact) mass is 404 g/mol. The fraction of sp³-hybridized carbons (Fsp3) is 0.174. The highest BCUT2D eigenvalue weighted by Crippen LogP contribution is 2.32. The molecule has 3 rings (SSSR count). The molecule has 0 aliphatic rings. The number of nitrogens with one attached hydrogen (secondary N) is 2. The van der Waals surface area contributed by atoms with Gasteiger partial charge >= 0.3 is 0 Å². The summed E-state index contributed by atoms with van der Waals surface area (Å²) in [4.78, 5) is 12.3. The van der Waals surface area contributed by atoms with Gasteiger partial charge < -0.3 is 9.47 Å². The van der Waals surface area contributed by atoms with Crippen LogP contribution in [-0.2, 0) is 0 Å². The van der Waals surface area contributed by atoms with E-state index in [-0.39, 0.29) is 12.0 Å². The van der Waals surface area contributed by atoms with Crippen molar-refractivity contribution in [2.24, 2.45) is 5.10 Å². The Hall–Kier alpha value is -3.87. The van der Waals surface area contributed by atoms with Crippen molar-refractivity contribution >= 4 is 18.2 Å². The van der Waals surface area contributed by atoms with Crippen LogP contribution in [0.5, 0.6) is 11.5 Å². The predicted octanol–water partition coefficient (Wildman–Crippen LogP) is 4.30. The molecule has 0 fully saturated rings. The number of hydrogen-bond donors (Lipinski definition) is 2. The number of carbonyl (C=O) groups is 1. The van der Waals surface area contributed by atoms with Crippen LogP contribution in [0.1, 0.15) is 29.9 Å². The Bertz CT molecular complexity index is 1040. The maximum atomic E-state index is 12.3. The molecule has 0 spiro atoms. The van der Waals surface area contributed by atoms with E-state index >= 15 is 0 Å². The fourth-order valence-electron chi connectivity index (χ4n) is 2.68. The van der Waals surface area contributed by atoms with E-state index in [0.29, 0.717) is 22.9 Å². The number of methoxy groups -OCH3 is 1. The van der Waals surface area contributed by atoms with Gasteiger partial charge in [0.15, 0.2) is 11.5 Å². The lowest BCUT2D eigenvalue weighted by Crippen LogP contribution is -2.17. The lowest BCUT2D eigenvalue weighted by Gasteiger charge is -2.14. The Morgan fingerprint density at radius 2 is 1.93 bits per heavy atom. The summed E-state index contributed by atoms with van der Waals surface area (Å²) in [7, 11) is 1.58. The minimum atomic E-state index is -0.384. The number of aromatic amines is 1. The minimum Gasteiger partial charge on any atom is -0.493 e. The normalized spacial score (nSPS) is 11.3. The van der Waals surface area contributed by atoms with Gasteiger partial charge in [-0.05, 0) is 49.8 Å². The van der Waals surface area contributed by atoms with E-state index < -0.39 is 0 Å². The van der Waals surface area contributed by atoms with Gasteiger partial charge in [-0.25, -0.2) is 5.43 Å². The summed E-state index contributed by atoms with van der Waals surface area (Å²) in [5, 5.41) is 10.9. The summed E-state index contributed by atoms with van der Waals surface area (Å²) >= 11 is 0. The predicted molar refractivity (Wildman–Crippen MR) is 118 cm³/mol. The van der Waals surface area contributed by atoms with Gasteiger partial charge in [0, 0.05) is 11.8 Å². The van der Waals surface area contributed by atoms with Crippen LogP contribution < -0.4 is 14.9 Å². The molecule has 2 aromatic carbocycles. The first-order chi connectivity index (χ1) is 14.6. The number of carbonyl (C=O) groups excluding carboxylic acids is 1. The largest absolute Gasteiger partial charge is 0.493 e. The zero-order valence-corrected chi connectivity index (χ0v) is 17.1. The van der Waals surface area contributed by atoms with Crippen LogP contribution in [0.15, 0.2) is 65.8 Å². The number of H-pyrrole nitrogens is 1. The molecule has 7 heteroatoms. The highest BCUT2D eigenvalue weighted by Gasteiger charge is 2.13. The number of hydrogen-bond acceptors (Lipinski definition) is 5. The highest BCUT2D eigenvalue weighted by molar-refractivity contribution is 5.94. The third-order valence-electron chi connectivity index (χ3n) is 4.06. The Balaban J connectivity index is 1.63. The van der Waals surface area contributed by atoms with E-state index in [1.165, 1.54) is 6.21 Å². The van der Waals surface area contributed by atoms with Gasteiger partial charge in [-0.2, -0.15) is 10.2 Å². The molecule has 2 N–H and O–H groups in total. The Kier molecular flexibility index (Phi) is 7.00. The van der Waals surface area contributed by atoms with Crippen molar-refractivity contribution < 1.29 is 14.3 Å². The SMILES string of the molecule is COc1cc(-c2cc(C(=O)N/N=C\C=C\c3ccccc3)[nH]n2)ccc1OC(C)C. The second kappa shape index (κ2) is 10.1. The van der Waals surface area contributed by atoms with Gasteiger partial charge in [-0.15, -0.1) is 0 Å². The molecule has 0 bridgehead atoms. The van der Waals surface area contributed by atoms with Crippen molar-refractivity contribution in [3.63, 3.8) is 0 Å². The molecule has 0 saturated heterocycles. The molecule has 0 aliphatic carbocycles. The lowest BCUT2D eigenvalue weighted by molar-refractivity contribution is 0.0950. The molecule has 1 amide bonds. The van der Waals surface area contributed by atoms with Gasteiger partial charge in [-0.1, -0.05) is 36.4 Å². The first kappa shape index (κ1) is 20.9. The van der Waals surface area contributed by atoms with Crippen LogP contribution in [0.3, 0.4) is 0 Å². The summed E-state index contributed by atoms with van der Waals surface area (Å²) < 4.78 is 11.1. The molecule has 3 aromatic rings. The average Bonchev–Trinajstić information content (AvgIpc) is 3.24. The van der Waals surface area contributed by atoms with E-state index in [4.69, 9.17) is 9.47 Å². The number of benzene rings is 2. The standard InChI is InChI=1S/C23H24N4O3/c1-16(2)30-21-12-11-18(14-22(21)29-3)19-15-20(26-25-19)23(28)27-24-13-7-10-17-8-5-4-6-9-17/h4-16H,1-3H3,(H,25,26)(H,27,28)/b10-7+,24-13-. The van der Waals surface area contributed by atoms with Crippen LogP contribution in [0.25, 0.3) is 17.3 Å². The Morgan fingerprint density at radius 1 is 1.13 bits per heavy atom. The van der Waals surface area contributed by atoms with Crippen LogP contribution in [0, 0.1) is 0 Å². The van der Waals surface area contributed by atoms with E-state index in [1.54, 1.807) is 19.3 Å². The van der Waals surface area contributed by atoms with Crippen molar-refractivity contribution in [2.75, 3.05) is 7.11 Å². The summed E-state index contributed by atoms with van der Waals surface area (Å²) in [6.45, 7) is 3.90. The molecule has 0 aliphatic heterocycles. The summed E-state index contributed by atoms with van der Waals surface area (Å²) in [6, 6.07) is 17.0. The summed E-state index contributed by atoms with van der Waals surface area (Å²) in [6.07, 6.45) is 5.19. The van der Waals surface area contributed by atoms with Crippen LogP contribution in [-0.4, -0.2) is 35.5 Å². The molecule has 0 saturated carbocycles. The third-order valence-corrected chi connectivity index (χ3v) is 4.06. The number of allylic oxidation sites excluding steroid dienone is 1. The zero-order chi connectivity index (χ0) is 21.3. The smallest absolute Gasteiger partial charge is 0.289 e. The molecule has 7 nitrogen and oxygen atoms in total. The number of nitrogens with zero attached hydrogens (tertiary/aromatic N) is 2. The van der Waals surface area contributed by atoms with Crippen molar-refractivity contribution in [3.8, 4) is 22.8 Å². The van der Waals surface area contributed by atoms with Crippen LogP contribution in [0.2, 0.25) is 0 Å². The maximum Gasteiger partial charge on any atom is 0.289 e. The number of hydrazone groups is 1. The molecule has 1 heterocycles. The number of rotatable bonds is 8. The minimum absolute atomic E-state index is 0.0357. The molecule has 1 aromatic heterocycles. The molecule has 0 radical (unpaired) electrons. The Morgan fingerprint density at radius 3 is 2.67 bits per heavy atom. The molecular weight excluding hydrogens is 380 g/mol.